The maximum absolute atomic E-state index is 12.9. The minimum absolute atomic E-state index is 0.151. The molecule has 1 aromatic carbocycles. The van der Waals surface area contributed by atoms with Crippen LogP contribution in [0.3, 0.4) is 0 Å². The molecule has 2 aliphatic carbocycles. The summed E-state index contributed by atoms with van der Waals surface area (Å²) in [4.78, 5) is 20.3. The van der Waals surface area contributed by atoms with Crippen LogP contribution in [0, 0.1) is 5.92 Å². The number of nitrogens with zero attached hydrogens (tertiary/aromatic N) is 3. The minimum Gasteiger partial charge on any atom is -0.305 e. The summed E-state index contributed by atoms with van der Waals surface area (Å²) in [5.74, 6) is 1.06. The van der Waals surface area contributed by atoms with Crippen LogP contribution in [-0.2, 0) is 4.79 Å². The van der Waals surface area contributed by atoms with E-state index in [1.165, 1.54) is 32.1 Å². The summed E-state index contributed by atoms with van der Waals surface area (Å²) in [7, 11) is 0. The maximum atomic E-state index is 12.9. The third-order valence-electron chi connectivity index (χ3n) is 6.86. The third-order valence-corrected chi connectivity index (χ3v) is 6.86. The zero-order valence-electron chi connectivity index (χ0n) is 17.4. The van der Waals surface area contributed by atoms with E-state index in [4.69, 9.17) is 4.98 Å². The summed E-state index contributed by atoms with van der Waals surface area (Å²) in [5.41, 5.74) is 2.13. The molecule has 2 saturated carbocycles. The Morgan fingerprint density at radius 2 is 1.75 bits per heavy atom. The van der Waals surface area contributed by atoms with Crippen molar-refractivity contribution in [2.45, 2.75) is 77.3 Å². The molecule has 2 fully saturated rings. The Kier molecular flexibility index (Phi) is 6.00. The van der Waals surface area contributed by atoms with E-state index in [1.54, 1.807) is 0 Å². The van der Waals surface area contributed by atoms with Crippen molar-refractivity contribution in [3.8, 4) is 0 Å². The number of likely N-dealkylation sites (N-methyl/N-ethyl adjacent to an activating group) is 1. The summed E-state index contributed by atoms with van der Waals surface area (Å²) in [6.07, 6.45) is 9.25. The van der Waals surface area contributed by atoms with Crippen LogP contribution in [0.15, 0.2) is 24.3 Å². The fourth-order valence-electron chi connectivity index (χ4n) is 5.38. The van der Waals surface area contributed by atoms with Gasteiger partial charge in [0.1, 0.15) is 0 Å². The summed E-state index contributed by atoms with van der Waals surface area (Å²) >= 11 is 0. The number of para-hydroxylation sites is 2. The highest BCUT2D eigenvalue weighted by molar-refractivity contribution is 5.93. The van der Waals surface area contributed by atoms with E-state index in [1.807, 2.05) is 6.07 Å². The largest absolute Gasteiger partial charge is 0.305 e. The Hall–Kier alpha value is -1.88. The highest BCUT2D eigenvalue weighted by Gasteiger charge is 2.33. The highest BCUT2D eigenvalue weighted by atomic mass is 16.2. The van der Waals surface area contributed by atoms with Crippen LogP contribution in [0.1, 0.15) is 71.3 Å². The summed E-state index contributed by atoms with van der Waals surface area (Å²) < 4.78 is 2.35. The Balaban J connectivity index is 1.72. The van der Waals surface area contributed by atoms with Gasteiger partial charge in [0.05, 0.1) is 17.1 Å². The van der Waals surface area contributed by atoms with E-state index in [0.29, 0.717) is 12.1 Å². The van der Waals surface area contributed by atoms with Crippen molar-refractivity contribution in [1.82, 2.24) is 14.5 Å². The molecule has 1 N–H and O–H groups in total. The lowest BCUT2D eigenvalue weighted by atomic mass is 9.88. The van der Waals surface area contributed by atoms with Gasteiger partial charge in [0.25, 0.3) is 0 Å². The molecule has 4 rings (SSSR count). The Bertz CT molecular complexity index is 804. The molecule has 0 radical (unpaired) electrons. The first-order valence-corrected chi connectivity index (χ1v) is 11.2. The van der Waals surface area contributed by atoms with Crippen molar-refractivity contribution in [1.29, 1.82) is 0 Å². The number of carbonyl (C=O) groups is 1. The van der Waals surface area contributed by atoms with Crippen molar-refractivity contribution in [3.05, 3.63) is 24.3 Å². The maximum Gasteiger partial charge on any atom is 0.229 e. The Morgan fingerprint density at radius 1 is 1.07 bits per heavy atom. The molecule has 1 aromatic heterocycles. The summed E-state index contributed by atoms with van der Waals surface area (Å²) in [5, 5.41) is 3.23. The standard InChI is InChI=1S/C23H34N4O/c1-3-26(4-2)20-15-9-10-16-21(20)27-19-14-8-7-13-18(19)24-23(27)25-22(28)17-11-5-6-12-17/h7-8,13-14,17,20-21H,3-6,9-12,15-16H2,1-2H3,(H,24,25,28)/t20?,21-/m0/s1. The highest BCUT2D eigenvalue weighted by Crippen LogP contribution is 2.37. The fraction of sp³-hybridized carbons (Fsp3) is 0.652. The van der Waals surface area contributed by atoms with Crippen LogP contribution in [-0.4, -0.2) is 39.5 Å². The van der Waals surface area contributed by atoms with Crippen LogP contribution < -0.4 is 5.32 Å². The molecule has 28 heavy (non-hydrogen) atoms. The molecule has 5 heteroatoms. The van der Waals surface area contributed by atoms with Crippen molar-refractivity contribution < 1.29 is 4.79 Å². The van der Waals surface area contributed by atoms with Crippen LogP contribution in [0.25, 0.3) is 11.0 Å². The van der Waals surface area contributed by atoms with E-state index in [-0.39, 0.29) is 11.8 Å². The molecule has 2 atom stereocenters. The quantitative estimate of drug-likeness (QED) is 0.766. The van der Waals surface area contributed by atoms with Gasteiger partial charge in [-0.3, -0.25) is 15.0 Å². The van der Waals surface area contributed by atoms with Crippen LogP contribution in [0.4, 0.5) is 5.95 Å². The van der Waals surface area contributed by atoms with E-state index in [2.05, 4.69) is 46.8 Å². The van der Waals surface area contributed by atoms with Gasteiger partial charge in [0.2, 0.25) is 11.9 Å². The number of hydrogen-bond acceptors (Lipinski definition) is 3. The lowest BCUT2D eigenvalue weighted by molar-refractivity contribution is -0.119. The van der Waals surface area contributed by atoms with Crippen LogP contribution >= 0.6 is 0 Å². The number of aromatic nitrogens is 2. The van der Waals surface area contributed by atoms with E-state index in [9.17, 15) is 4.79 Å². The van der Waals surface area contributed by atoms with Crippen molar-refractivity contribution in [3.63, 3.8) is 0 Å². The van der Waals surface area contributed by atoms with E-state index in [0.717, 1.165) is 49.3 Å². The second-order valence-electron chi connectivity index (χ2n) is 8.41. The number of carbonyl (C=O) groups excluding carboxylic acids is 1. The number of rotatable bonds is 6. The predicted octanol–water partition coefficient (Wildman–Crippen LogP) is 4.99. The van der Waals surface area contributed by atoms with Gasteiger partial charge in [-0.15, -0.1) is 0 Å². The number of hydrogen-bond donors (Lipinski definition) is 1. The van der Waals surface area contributed by atoms with Crippen molar-refractivity contribution in [2.24, 2.45) is 5.92 Å². The van der Waals surface area contributed by atoms with Gasteiger partial charge in [0, 0.05) is 12.0 Å². The lowest BCUT2D eigenvalue weighted by Crippen LogP contribution is -2.43. The van der Waals surface area contributed by atoms with Gasteiger partial charge in [-0.1, -0.05) is 51.7 Å². The van der Waals surface area contributed by atoms with Gasteiger partial charge >= 0.3 is 0 Å². The molecule has 1 amide bonds. The molecule has 1 heterocycles. The minimum atomic E-state index is 0.151. The molecular formula is C23H34N4O. The predicted molar refractivity (Wildman–Crippen MR) is 115 cm³/mol. The molecule has 5 nitrogen and oxygen atoms in total. The topological polar surface area (TPSA) is 50.2 Å². The molecule has 152 valence electrons. The molecule has 2 aromatic rings. The number of imidazole rings is 1. The number of fused-ring (bicyclic) bond motifs is 1. The molecule has 0 aliphatic heterocycles. The van der Waals surface area contributed by atoms with Gasteiger partial charge in [-0.2, -0.15) is 0 Å². The smallest absolute Gasteiger partial charge is 0.229 e. The molecule has 0 spiro atoms. The SMILES string of the molecule is CCN(CC)C1CCCC[C@@H]1n1c(NC(=O)C2CCCC2)nc2ccccc21. The fourth-order valence-corrected chi connectivity index (χ4v) is 5.38. The van der Waals surface area contributed by atoms with E-state index >= 15 is 0 Å². The van der Waals surface area contributed by atoms with Gasteiger partial charge in [-0.05, 0) is 50.9 Å². The molecule has 0 saturated heterocycles. The molecule has 1 unspecified atom stereocenters. The van der Waals surface area contributed by atoms with E-state index < -0.39 is 0 Å². The Morgan fingerprint density at radius 3 is 2.50 bits per heavy atom. The molecular weight excluding hydrogens is 348 g/mol. The number of benzene rings is 1. The average Bonchev–Trinajstić information content (AvgIpc) is 3.37. The van der Waals surface area contributed by atoms with Gasteiger partial charge in [-0.25, -0.2) is 4.98 Å². The van der Waals surface area contributed by atoms with Crippen LogP contribution in [0.2, 0.25) is 0 Å². The number of amides is 1. The normalized spacial score (nSPS) is 23.5. The zero-order valence-corrected chi connectivity index (χ0v) is 17.4. The number of anilines is 1. The average molecular weight is 383 g/mol. The van der Waals surface area contributed by atoms with Crippen molar-refractivity contribution >= 4 is 22.9 Å². The van der Waals surface area contributed by atoms with Crippen molar-refractivity contribution in [2.75, 3.05) is 18.4 Å². The first-order chi connectivity index (χ1) is 13.7. The number of nitrogens with one attached hydrogen (secondary N) is 1. The second-order valence-corrected chi connectivity index (χ2v) is 8.41. The first kappa shape index (κ1) is 19.4. The summed E-state index contributed by atoms with van der Waals surface area (Å²) in [6, 6.07) is 9.19. The lowest BCUT2D eigenvalue weighted by Gasteiger charge is -2.40. The first-order valence-electron chi connectivity index (χ1n) is 11.2. The Labute approximate surface area is 168 Å². The zero-order chi connectivity index (χ0) is 19.5. The molecule has 0 bridgehead atoms. The monoisotopic (exact) mass is 382 g/mol. The third kappa shape index (κ3) is 3.69. The summed E-state index contributed by atoms with van der Waals surface area (Å²) in [6.45, 7) is 6.63. The second kappa shape index (κ2) is 8.64. The van der Waals surface area contributed by atoms with Gasteiger partial charge < -0.3 is 4.57 Å². The van der Waals surface area contributed by atoms with Gasteiger partial charge in [0.15, 0.2) is 0 Å². The van der Waals surface area contributed by atoms with Crippen LogP contribution in [0.5, 0.6) is 0 Å². The molecule has 2 aliphatic rings.